The van der Waals surface area contributed by atoms with Gasteiger partial charge < -0.3 is 5.11 Å². The monoisotopic (exact) mass is 123 g/mol. The van der Waals surface area contributed by atoms with Crippen LogP contribution in [0.25, 0.3) is 0 Å². The van der Waals surface area contributed by atoms with Gasteiger partial charge in [-0.2, -0.15) is 0 Å². The van der Waals surface area contributed by atoms with Crippen molar-refractivity contribution in [3.8, 4) is 0 Å². The summed E-state index contributed by atoms with van der Waals surface area (Å²) in [6.07, 6.45) is 6.65. The Balaban J connectivity index is 2.78. The molecular weight excluding hydrogens is 114 g/mol. The van der Waals surface area contributed by atoms with Crippen LogP contribution in [0.3, 0.4) is 0 Å². The normalized spacial score (nSPS) is 29.6. The van der Waals surface area contributed by atoms with E-state index < -0.39 is 6.10 Å². The second kappa shape index (κ2) is 2.60. The summed E-state index contributed by atoms with van der Waals surface area (Å²) < 4.78 is 0. The molecule has 0 aliphatic heterocycles. The lowest BCUT2D eigenvalue weighted by atomic mass is 10.1. The number of aliphatic hydroxyl groups excluding tert-OH is 1. The van der Waals surface area contributed by atoms with Crippen LogP contribution in [0.4, 0.5) is 0 Å². The van der Waals surface area contributed by atoms with Gasteiger partial charge >= 0.3 is 0 Å². The number of nitrogens with zero attached hydrogens (tertiary/aromatic N) is 1. The van der Waals surface area contributed by atoms with Crippen molar-refractivity contribution in [1.82, 2.24) is 0 Å². The van der Waals surface area contributed by atoms with E-state index in [-0.39, 0.29) is 0 Å². The summed E-state index contributed by atoms with van der Waals surface area (Å²) in [6.45, 7) is 0. The molecule has 0 saturated carbocycles. The Labute approximate surface area is 54.2 Å². The highest BCUT2D eigenvalue weighted by atomic mass is 16.3. The second-order valence-corrected chi connectivity index (χ2v) is 1.84. The molecule has 1 unspecified atom stereocenters. The smallest absolute Gasteiger partial charge is 0.114 e. The van der Waals surface area contributed by atoms with Crippen molar-refractivity contribution in [1.29, 1.82) is 0 Å². The van der Waals surface area contributed by atoms with Crippen molar-refractivity contribution in [2.45, 2.75) is 6.10 Å². The van der Waals surface area contributed by atoms with Gasteiger partial charge in [-0.15, -0.1) is 0 Å². The van der Waals surface area contributed by atoms with Gasteiger partial charge in [-0.25, -0.2) is 0 Å². The predicted molar refractivity (Wildman–Crippen MR) is 37.6 cm³/mol. The molecule has 1 rings (SSSR count). The van der Waals surface area contributed by atoms with E-state index in [2.05, 4.69) is 4.99 Å². The quantitative estimate of drug-likeness (QED) is 0.501. The summed E-state index contributed by atoms with van der Waals surface area (Å²) in [5.74, 6) is 0. The minimum Gasteiger partial charge on any atom is -0.383 e. The standard InChI is InChI=1S/C7H9NO/c1-8-6-4-2-3-5-7(6)9/h2-5,7,9H,1H3. The van der Waals surface area contributed by atoms with Crippen molar-refractivity contribution < 1.29 is 5.11 Å². The molecule has 0 aromatic heterocycles. The molecule has 0 radical (unpaired) electrons. The first-order chi connectivity index (χ1) is 4.34. The molecule has 1 N–H and O–H groups in total. The number of hydrogen-bond acceptors (Lipinski definition) is 2. The Morgan fingerprint density at radius 3 is 2.78 bits per heavy atom. The molecule has 0 amide bonds. The van der Waals surface area contributed by atoms with Crippen LogP contribution in [-0.4, -0.2) is 24.0 Å². The van der Waals surface area contributed by atoms with Crippen LogP contribution in [0.1, 0.15) is 0 Å². The highest BCUT2D eigenvalue weighted by Crippen LogP contribution is 1.99. The Bertz CT molecular complexity index is 179. The van der Waals surface area contributed by atoms with E-state index in [9.17, 15) is 0 Å². The van der Waals surface area contributed by atoms with Crippen LogP contribution in [0, 0.1) is 0 Å². The molecule has 48 valence electrons. The number of aliphatic hydroxyl groups is 1. The van der Waals surface area contributed by atoms with Crippen LogP contribution in [-0.2, 0) is 0 Å². The van der Waals surface area contributed by atoms with Gasteiger partial charge in [0.15, 0.2) is 0 Å². The van der Waals surface area contributed by atoms with Crippen molar-refractivity contribution in [2.75, 3.05) is 7.05 Å². The van der Waals surface area contributed by atoms with E-state index in [4.69, 9.17) is 5.11 Å². The molecule has 0 fully saturated rings. The van der Waals surface area contributed by atoms with Crippen LogP contribution in [0.5, 0.6) is 0 Å². The van der Waals surface area contributed by atoms with Gasteiger partial charge in [0.2, 0.25) is 0 Å². The van der Waals surface area contributed by atoms with E-state index in [1.165, 1.54) is 0 Å². The molecule has 0 aromatic carbocycles. The fourth-order valence-corrected chi connectivity index (χ4v) is 0.728. The maximum Gasteiger partial charge on any atom is 0.114 e. The molecule has 0 spiro atoms. The Hall–Kier alpha value is -0.890. The van der Waals surface area contributed by atoms with Gasteiger partial charge in [-0.3, -0.25) is 4.99 Å². The van der Waals surface area contributed by atoms with Gasteiger partial charge in [0.1, 0.15) is 6.10 Å². The van der Waals surface area contributed by atoms with Crippen LogP contribution in [0.15, 0.2) is 29.3 Å². The number of allylic oxidation sites excluding steroid dienone is 2. The second-order valence-electron chi connectivity index (χ2n) is 1.84. The molecule has 2 heteroatoms. The summed E-state index contributed by atoms with van der Waals surface area (Å²) in [5, 5.41) is 9.10. The number of rotatable bonds is 0. The average molecular weight is 123 g/mol. The predicted octanol–water partition coefficient (Wildman–Crippen LogP) is 0.544. The maximum atomic E-state index is 9.10. The molecule has 9 heavy (non-hydrogen) atoms. The third kappa shape index (κ3) is 1.27. The lowest BCUT2D eigenvalue weighted by Crippen LogP contribution is -2.16. The molecule has 1 aliphatic carbocycles. The van der Waals surface area contributed by atoms with E-state index in [1.54, 1.807) is 25.3 Å². The van der Waals surface area contributed by atoms with Crippen LogP contribution >= 0.6 is 0 Å². The third-order valence-electron chi connectivity index (χ3n) is 1.23. The average Bonchev–Trinajstić information content (AvgIpc) is 1.89. The molecular formula is C7H9NO. The van der Waals surface area contributed by atoms with E-state index >= 15 is 0 Å². The van der Waals surface area contributed by atoms with Crippen molar-refractivity contribution in [3.05, 3.63) is 24.3 Å². The Morgan fingerprint density at radius 1 is 1.56 bits per heavy atom. The molecule has 0 heterocycles. The fraction of sp³-hybridized carbons (Fsp3) is 0.286. The summed E-state index contributed by atoms with van der Waals surface area (Å²) in [6, 6.07) is 0. The first-order valence-electron chi connectivity index (χ1n) is 2.84. The summed E-state index contributed by atoms with van der Waals surface area (Å²) in [4.78, 5) is 3.86. The Morgan fingerprint density at radius 2 is 2.33 bits per heavy atom. The van der Waals surface area contributed by atoms with Gasteiger partial charge in [-0.1, -0.05) is 18.2 Å². The highest BCUT2D eigenvalue weighted by Gasteiger charge is 2.05. The van der Waals surface area contributed by atoms with Gasteiger partial charge in [0, 0.05) is 7.05 Å². The Kier molecular flexibility index (Phi) is 1.80. The highest BCUT2D eigenvalue weighted by molar-refractivity contribution is 6.00. The zero-order valence-corrected chi connectivity index (χ0v) is 5.28. The topological polar surface area (TPSA) is 32.6 Å². The summed E-state index contributed by atoms with van der Waals surface area (Å²) >= 11 is 0. The minimum atomic E-state index is -0.500. The van der Waals surface area contributed by atoms with Crippen molar-refractivity contribution in [3.63, 3.8) is 0 Å². The van der Waals surface area contributed by atoms with Crippen molar-refractivity contribution >= 4 is 5.71 Å². The van der Waals surface area contributed by atoms with Crippen LogP contribution in [0.2, 0.25) is 0 Å². The van der Waals surface area contributed by atoms with Crippen molar-refractivity contribution in [2.24, 2.45) is 4.99 Å². The zero-order chi connectivity index (χ0) is 6.69. The molecule has 0 aromatic rings. The zero-order valence-electron chi connectivity index (χ0n) is 5.28. The van der Waals surface area contributed by atoms with E-state index in [0.29, 0.717) is 0 Å². The third-order valence-corrected chi connectivity index (χ3v) is 1.23. The first-order valence-corrected chi connectivity index (χ1v) is 2.84. The molecule has 1 atom stereocenters. The summed E-state index contributed by atoms with van der Waals surface area (Å²) in [5.41, 5.74) is 0.720. The first kappa shape index (κ1) is 6.23. The lowest BCUT2D eigenvalue weighted by molar-refractivity contribution is 0.289. The fourth-order valence-electron chi connectivity index (χ4n) is 0.728. The van der Waals surface area contributed by atoms with Gasteiger partial charge in [0.05, 0.1) is 5.71 Å². The maximum absolute atomic E-state index is 9.10. The van der Waals surface area contributed by atoms with E-state index in [1.807, 2.05) is 6.08 Å². The molecule has 1 aliphatic rings. The molecule has 0 saturated heterocycles. The molecule has 0 bridgehead atoms. The lowest BCUT2D eigenvalue weighted by Gasteiger charge is -2.06. The van der Waals surface area contributed by atoms with E-state index in [0.717, 1.165) is 5.71 Å². The van der Waals surface area contributed by atoms with Gasteiger partial charge in [-0.05, 0) is 6.08 Å². The minimum absolute atomic E-state index is 0.500. The largest absolute Gasteiger partial charge is 0.383 e. The molecule has 2 nitrogen and oxygen atoms in total. The van der Waals surface area contributed by atoms with Crippen LogP contribution < -0.4 is 0 Å². The summed E-state index contributed by atoms with van der Waals surface area (Å²) in [7, 11) is 1.67. The number of hydrogen-bond donors (Lipinski definition) is 1. The SMILES string of the molecule is CN=C1C=CC=CC1O. The van der Waals surface area contributed by atoms with Gasteiger partial charge in [0.25, 0.3) is 0 Å². The number of aliphatic imine (C=N–C) groups is 1.